The highest BCUT2D eigenvalue weighted by atomic mass is 16.6. The molecule has 41 heavy (non-hydrogen) atoms. The van der Waals surface area contributed by atoms with Crippen molar-refractivity contribution >= 4 is 17.5 Å². The zero-order valence-corrected chi connectivity index (χ0v) is 25.1. The number of benzene rings is 3. The molecule has 1 saturated heterocycles. The van der Waals surface area contributed by atoms with E-state index in [2.05, 4.69) is 61.5 Å². The smallest absolute Gasteiger partial charge is 0.410 e. The van der Waals surface area contributed by atoms with Gasteiger partial charge < -0.3 is 4.74 Å². The standard InChI is InChI=1S/C37H42N2O2/c1-24-9-15-30(34-29(24)17-20-37(34)18-5-6-19-37)26-12-10-25(11-13-26)27-14-16-31-28(22-27)23-32(38-31)33-8-7-21-39(33)35(40)41-36(2,3)4/h9-16,22,33H,5-8,17-21,23H2,1-4H3/t33-/m0/s1. The molecule has 2 aliphatic heterocycles. The molecule has 0 bridgehead atoms. The van der Waals surface area contributed by atoms with Gasteiger partial charge in [0, 0.05) is 18.7 Å². The molecule has 212 valence electrons. The van der Waals surface area contributed by atoms with Crippen LogP contribution >= 0.6 is 0 Å². The average Bonchev–Trinajstić information content (AvgIpc) is 3.75. The molecule has 3 aromatic rings. The highest BCUT2D eigenvalue weighted by molar-refractivity contribution is 6.00. The number of aryl methyl sites for hydroxylation is 1. The summed E-state index contributed by atoms with van der Waals surface area (Å²) in [5, 5.41) is 0. The number of likely N-dealkylation sites (tertiary alicyclic amines) is 1. The van der Waals surface area contributed by atoms with Crippen molar-refractivity contribution < 1.29 is 9.53 Å². The lowest BCUT2D eigenvalue weighted by Crippen LogP contribution is -2.43. The summed E-state index contributed by atoms with van der Waals surface area (Å²) in [6, 6.07) is 20.6. The largest absolute Gasteiger partial charge is 0.444 e. The summed E-state index contributed by atoms with van der Waals surface area (Å²) < 4.78 is 5.70. The van der Waals surface area contributed by atoms with Crippen LogP contribution in [-0.4, -0.2) is 34.9 Å². The monoisotopic (exact) mass is 546 g/mol. The lowest BCUT2D eigenvalue weighted by Gasteiger charge is -2.28. The number of fused-ring (bicyclic) bond motifs is 3. The summed E-state index contributed by atoms with van der Waals surface area (Å²) in [5.74, 6) is 0. The number of hydrogen-bond acceptors (Lipinski definition) is 3. The number of carbonyl (C=O) groups excluding carboxylic acids is 1. The number of hydrogen-bond donors (Lipinski definition) is 0. The molecule has 0 aromatic heterocycles. The lowest BCUT2D eigenvalue weighted by molar-refractivity contribution is 0.0265. The van der Waals surface area contributed by atoms with Gasteiger partial charge in [-0.25, -0.2) is 4.79 Å². The fourth-order valence-electron chi connectivity index (χ4n) is 8.05. The molecule has 1 atom stereocenters. The van der Waals surface area contributed by atoms with Crippen molar-refractivity contribution in [1.82, 2.24) is 4.90 Å². The minimum absolute atomic E-state index is 0.0272. The minimum atomic E-state index is -0.494. The SMILES string of the molecule is Cc1ccc(-c2ccc(-c3ccc4c(c3)CC([C@@H]3CCCN3C(=O)OC(C)(C)C)=N4)cc2)c2c1CCC21CCCC1. The van der Waals surface area contributed by atoms with Crippen LogP contribution in [0.25, 0.3) is 22.3 Å². The van der Waals surface area contributed by atoms with Crippen LogP contribution in [0.3, 0.4) is 0 Å². The van der Waals surface area contributed by atoms with Crippen LogP contribution in [0.4, 0.5) is 10.5 Å². The first kappa shape index (κ1) is 26.5. The molecule has 4 aliphatic rings. The molecule has 0 radical (unpaired) electrons. The molecule has 2 heterocycles. The minimum Gasteiger partial charge on any atom is -0.444 e. The molecular formula is C37H42N2O2. The Bertz CT molecular complexity index is 1540. The number of amides is 1. The molecule has 4 nitrogen and oxygen atoms in total. The fraction of sp³-hybridized carbons (Fsp3) is 0.459. The molecule has 7 rings (SSSR count). The Hall–Kier alpha value is -3.40. The number of ether oxygens (including phenoxy) is 1. The average molecular weight is 547 g/mol. The van der Waals surface area contributed by atoms with Gasteiger partial charge in [0.05, 0.1) is 11.7 Å². The summed E-state index contributed by atoms with van der Waals surface area (Å²) >= 11 is 0. The van der Waals surface area contributed by atoms with Crippen LogP contribution in [-0.2, 0) is 23.0 Å². The van der Waals surface area contributed by atoms with Gasteiger partial charge in [0.2, 0.25) is 0 Å². The second-order valence-electron chi connectivity index (χ2n) is 13.8. The van der Waals surface area contributed by atoms with Crippen LogP contribution in [0.1, 0.15) is 88.0 Å². The molecule has 3 aromatic carbocycles. The van der Waals surface area contributed by atoms with Gasteiger partial charge in [-0.1, -0.05) is 55.3 Å². The molecular weight excluding hydrogens is 504 g/mol. The van der Waals surface area contributed by atoms with Crippen molar-refractivity contribution in [2.75, 3.05) is 6.54 Å². The van der Waals surface area contributed by atoms with E-state index in [0.29, 0.717) is 5.41 Å². The first-order chi connectivity index (χ1) is 19.7. The van der Waals surface area contributed by atoms with E-state index in [-0.39, 0.29) is 12.1 Å². The van der Waals surface area contributed by atoms with Crippen molar-refractivity contribution in [2.24, 2.45) is 4.99 Å². The Morgan fingerprint density at radius 2 is 1.66 bits per heavy atom. The second-order valence-corrected chi connectivity index (χ2v) is 13.8. The van der Waals surface area contributed by atoms with Crippen LogP contribution in [0.15, 0.2) is 59.6 Å². The van der Waals surface area contributed by atoms with Crippen molar-refractivity contribution in [2.45, 2.75) is 103 Å². The first-order valence-corrected chi connectivity index (χ1v) is 15.6. The quantitative estimate of drug-likeness (QED) is 0.329. The topological polar surface area (TPSA) is 41.9 Å². The summed E-state index contributed by atoms with van der Waals surface area (Å²) in [7, 11) is 0. The number of carbonyl (C=O) groups is 1. The Morgan fingerprint density at radius 1 is 0.927 bits per heavy atom. The molecule has 0 N–H and O–H groups in total. The van der Waals surface area contributed by atoms with Gasteiger partial charge in [-0.15, -0.1) is 0 Å². The number of rotatable bonds is 3. The molecule has 1 amide bonds. The molecule has 0 unspecified atom stereocenters. The fourth-order valence-corrected chi connectivity index (χ4v) is 8.05. The van der Waals surface area contributed by atoms with Crippen molar-refractivity contribution in [3.05, 3.63) is 76.9 Å². The second kappa shape index (κ2) is 9.86. The molecule has 1 saturated carbocycles. The highest BCUT2D eigenvalue weighted by Crippen LogP contribution is 2.54. The third kappa shape index (κ3) is 4.70. The lowest BCUT2D eigenvalue weighted by atomic mass is 9.76. The van der Waals surface area contributed by atoms with Crippen molar-refractivity contribution in [3.8, 4) is 22.3 Å². The van der Waals surface area contributed by atoms with Crippen molar-refractivity contribution in [3.63, 3.8) is 0 Å². The Kier molecular flexibility index (Phi) is 6.37. The van der Waals surface area contributed by atoms with Gasteiger partial charge in [0.15, 0.2) is 0 Å². The molecule has 4 heteroatoms. The summed E-state index contributed by atoms with van der Waals surface area (Å²) in [4.78, 5) is 19.7. The number of nitrogens with zero attached hydrogens (tertiary/aromatic N) is 2. The first-order valence-electron chi connectivity index (χ1n) is 15.6. The summed E-state index contributed by atoms with van der Waals surface area (Å²) in [6.07, 6.45) is 10.5. The maximum absolute atomic E-state index is 12.9. The third-order valence-corrected chi connectivity index (χ3v) is 10.0. The maximum Gasteiger partial charge on any atom is 0.410 e. The molecule has 2 fully saturated rings. The highest BCUT2D eigenvalue weighted by Gasteiger charge is 2.43. The Balaban J connectivity index is 1.11. The van der Waals surface area contributed by atoms with E-state index >= 15 is 0 Å². The maximum atomic E-state index is 12.9. The predicted octanol–water partition coefficient (Wildman–Crippen LogP) is 9.12. The molecule has 2 aliphatic carbocycles. The third-order valence-electron chi connectivity index (χ3n) is 10.0. The van der Waals surface area contributed by atoms with E-state index in [1.807, 2.05) is 25.7 Å². The van der Waals surface area contributed by atoms with E-state index in [1.165, 1.54) is 71.9 Å². The number of aliphatic imine (C=N–C) groups is 1. The van der Waals surface area contributed by atoms with Crippen LogP contribution < -0.4 is 0 Å². The van der Waals surface area contributed by atoms with Crippen molar-refractivity contribution in [1.29, 1.82) is 0 Å². The normalized spacial score (nSPS) is 20.8. The zero-order chi connectivity index (χ0) is 28.4. The van der Waals surface area contributed by atoms with Gasteiger partial charge in [0.25, 0.3) is 0 Å². The zero-order valence-electron chi connectivity index (χ0n) is 25.1. The van der Waals surface area contributed by atoms with Gasteiger partial charge in [-0.05, 0) is 128 Å². The Labute approximate surface area is 244 Å². The summed E-state index contributed by atoms with van der Waals surface area (Å²) in [5.41, 5.74) is 13.3. The van der Waals surface area contributed by atoms with Gasteiger partial charge in [0.1, 0.15) is 5.60 Å². The van der Waals surface area contributed by atoms with Crippen LogP contribution in [0.2, 0.25) is 0 Å². The predicted molar refractivity (Wildman–Crippen MR) is 167 cm³/mol. The molecule has 1 spiro atoms. The van der Waals surface area contributed by atoms with Gasteiger partial charge in [-0.2, -0.15) is 0 Å². The van der Waals surface area contributed by atoms with E-state index in [1.54, 1.807) is 11.1 Å². The van der Waals surface area contributed by atoms with Crippen LogP contribution in [0, 0.1) is 6.92 Å². The Morgan fingerprint density at radius 3 is 2.41 bits per heavy atom. The van der Waals surface area contributed by atoms with Gasteiger partial charge in [-0.3, -0.25) is 9.89 Å². The van der Waals surface area contributed by atoms with Crippen LogP contribution in [0.5, 0.6) is 0 Å². The van der Waals surface area contributed by atoms with E-state index in [0.717, 1.165) is 37.2 Å². The summed E-state index contributed by atoms with van der Waals surface area (Å²) in [6.45, 7) is 8.80. The van der Waals surface area contributed by atoms with Gasteiger partial charge >= 0.3 is 6.09 Å². The van der Waals surface area contributed by atoms with E-state index in [9.17, 15) is 4.79 Å². The van der Waals surface area contributed by atoms with E-state index < -0.39 is 5.60 Å². The van der Waals surface area contributed by atoms with E-state index in [4.69, 9.17) is 9.73 Å².